The number of aliphatic hydroxyl groups is 1. The summed E-state index contributed by atoms with van der Waals surface area (Å²) >= 11 is 1.23. The molecular weight excluding hydrogens is 307 g/mol. The van der Waals surface area contributed by atoms with E-state index in [1.54, 1.807) is 29.8 Å². The van der Waals surface area contributed by atoms with Gasteiger partial charge in [-0.05, 0) is 24.6 Å². The molecule has 1 unspecified atom stereocenters. The van der Waals surface area contributed by atoms with Crippen molar-refractivity contribution in [3.05, 3.63) is 47.5 Å². The predicted octanol–water partition coefficient (Wildman–Crippen LogP) is 2.22. The van der Waals surface area contributed by atoms with Gasteiger partial charge in [-0.2, -0.15) is 0 Å². The molecule has 118 valence electrons. The molecule has 0 aliphatic carbocycles. The van der Waals surface area contributed by atoms with Gasteiger partial charge in [0.2, 0.25) is 0 Å². The highest BCUT2D eigenvalue weighted by Crippen LogP contribution is 2.25. The van der Waals surface area contributed by atoms with Crippen LogP contribution >= 0.6 is 11.8 Å². The van der Waals surface area contributed by atoms with Gasteiger partial charge >= 0.3 is 5.97 Å². The molecule has 0 saturated carbocycles. The van der Waals surface area contributed by atoms with Gasteiger partial charge in [-0.25, -0.2) is 9.37 Å². The van der Waals surface area contributed by atoms with Gasteiger partial charge in [0.1, 0.15) is 11.1 Å². The Balaban J connectivity index is 2.25. The Labute approximate surface area is 132 Å². The van der Waals surface area contributed by atoms with E-state index in [9.17, 15) is 14.3 Å². The average molecular weight is 324 g/mol. The zero-order valence-corrected chi connectivity index (χ0v) is 13.1. The van der Waals surface area contributed by atoms with Crippen LogP contribution in [0, 0.1) is 5.82 Å². The number of aliphatic hydroxyl groups excluding tert-OH is 1. The lowest BCUT2D eigenvalue weighted by atomic mass is 10.2. The number of halogens is 1. The summed E-state index contributed by atoms with van der Waals surface area (Å²) in [5, 5.41) is 9.57. The van der Waals surface area contributed by atoms with E-state index in [0.717, 1.165) is 5.56 Å². The van der Waals surface area contributed by atoms with E-state index < -0.39 is 5.25 Å². The van der Waals surface area contributed by atoms with Gasteiger partial charge in [-0.15, -0.1) is 0 Å². The highest BCUT2D eigenvalue weighted by molar-refractivity contribution is 8.00. The molecule has 0 fully saturated rings. The number of imidazole rings is 1. The Hall–Kier alpha value is -1.86. The number of hydrogen-bond acceptors (Lipinski definition) is 5. The lowest BCUT2D eigenvalue weighted by molar-refractivity contribution is -0.139. The van der Waals surface area contributed by atoms with Crippen LogP contribution in [0.15, 0.2) is 35.6 Å². The van der Waals surface area contributed by atoms with Crippen LogP contribution in [-0.2, 0) is 22.7 Å². The monoisotopic (exact) mass is 324 g/mol. The fourth-order valence-electron chi connectivity index (χ4n) is 1.97. The van der Waals surface area contributed by atoms with Gasteiger partial charge in [0.25, 0.3) is 0 Å². The number of carbonyl (C=O) groups excluding carboxylic acids is 1. The van der Waals surface area contributed by atoms with E-state index >= 15 is 0 Å². The van der Waals surface area contributed by atoms with Crippen LogP contribution < -0.4 is 0 Å². The van der Waals surface area contributed by atoms with Crippen molar-refractivity contribution in [2.75, 3.05) is 7.11 Å². The standard InChI is InChI=1S/C15H17FN2O3S/c1-10(14(20)21-2)22-15-17-7-13(9-19)18(15)8-11-4-3-5-12(16)6-11/h3-7,10,19H,8-9H2,1-2H3. The second-order valence-corrected chi connectivity index (χ2v) is 6.00. The van der Waals surface area contributed by atoms with Gasteiger partial charge in [0.15, 0.2) is 5.16 Å². The maximum atomic E-state index is 13.3. The van der Waals surface area contributed by atoms with E-state index in [2.05, 4.69) is 4.98 Å². The summed E-state index contributed by atoms with van der Waals surface area (Å²) in [5.74, 6) is -0.670. The molecule has 1 aromatic heterocycles. The van der Waals surface area contributed by atoms with E-state index in [0.29, 0.717) is 17.4 Å². The number of carbonyl (C=O) groups is 1. The predicted molar refractivity (Wildman–Crippen MR) is 81.0 cm³/mol. The molecule has 22 heavy (non-hydrogen) atoms. The number of thioether (sulfide) groups is 1. The van der Waals surface area contributed by atoms with Crippen molar-refractivity contribution in [2.45, 2.75) is 30.5 Å². The van der Waals surface area contributed by atoms with Gasteiger partial charge in [0.05, 0.1) is 32.2 Å². The second kappa shape index (κ2) is 7.42. The van der Waals surface area contributed by atoms with Crippen LogP contribution in [0.5, 0.6) is 0 Å². The van der Waals surface area contributed by atoms with Crippen LogP contribution in [0.25, 0.3) is 0 Å². The Morgan fingerprint density at radius 2 is 2.32 bits per heavy atom. The average Bonchev–Trinajstić information content (AvgIpc) is 2.88. The van der Waals surface area contributed by atoms with Crippen molar-refractivity contribution in [3.8, 4) is 0 Å². The SMILES string of the molecule is COC(=O)C(C)Sc1ncc(CO)n1Cc1cccc(F)c1. The summed E-state index contributed by atoms with van der Waals surface area (Å²) in [6.07, 6.45) is 1.55. The topological polar surface area (TPSA) is 64.3 Å². The number of aromatic nitrogens is 2. The van der Waals surface area contributed by atoms with E-state index in [-0.39, 0.29) is 18.4 Å². The second-order valence-electron chi connectivity index (χ2n) is 4.69. The number of hydrogen-bond donors (Lipinski definition) is 1. The Morgan fingerprint density at radius 3 is 2.95 bits per heavy atom. The normalized spacial score (nSPS) is 12.2. The summed E-state index contributed by atoms with van der Waals surface area (Å²) in [7, 11) is 1.33. The first kappa shape index (κ1) is 16.5. The number of rotatable bonds is 6. The summed E-state index contributed by atoms with van der Waals surface area (Å²) in [6.45, 7) is 1.90. The van der Waals surface area contributed by atoms with Crippen molar-refractivity contribution in [1.29, 1.82) is 0 Å². The van der Waals surface area contributed by atoms with E-state index in [1.165, 1.54) is 31.0 Å². The zero-order chi connectivity index (χ0) is 16.1. The van der Waals surface area contributed by atoms with Crippen molar-refractivity contribution >= 4 is 17.7 Å². The molecule has 0 aliphatic heterocycles. The lowest BCUT2D eigenvalue weighted by Gasteiger charge is -2.13. The summed E-state index contributed by atoms with van der Waals surface area (Å²) < 4.78 is 19.8. The Bertz CT molecular complexity index is 660. The third kappa shape index (κ3) is 3.86. The zero-order valence-electron chi connectivity index (χ0n) is 12.3. The van der Waals surface area contributed by atoms with E-state index in [4.69, 9.17) is 4.74 Å². The number of esters is 1. The largest absolute Gasteiger partial charge is 0.468 e. The fraction of sp³-hybridized carbons (Fsp3) is 0.333. The van der Waals surface area contributed by atoms with Gasteiger partial charge in [-0.1, -0.05) is 23.9 Å². The van der Waals surface area contributed by atoms with Crippen LogP contribution in [0.1, 0.15) is 18.2 Å². The first-order valence-corrected chi connectivity index (χ1v) is 7.57. The van der Waals surface area contributed by atoms with E-state index in [1.807, 2.05) is 0 Å². The summed E-state index contributed by atoms with van der Waals surface area (Å²) in [6, 6.07) is 6.23. The minimum atomic E-state index is -0.426. The molecule has 1 aromatic carbocycles. The molecule has 0 amide bonds. The molecule has 7 heteroatoms. The highest BCUT2D eigenvalue weighted by Gasteiger charge is 2.19. The molecule has 0 bridgehead atoms. The highest BCUT2D eigenvalue weighted by atomic mass is 32.2. The Morgan fingerprint density at radius 1 is 1.55 bits per heavy atom. The molecule has 0 radical (unpaired) electrons. The molecule has 0 aliphatic rings. The van der Waals surface area contributed by atoms with Crippen molar-refractivity contribution < 1.29 is 19.0 Å². The molecule has 2 rings (SSSR count). The third-order valence-corrected chi connectivity index (χ3v) is 4.19. The molecule has 1 atom stereocenters. The maximum Gasteiger partial charge on any atom is 0.318 e. The molecule has 0 spiro atoms. The van der Waals surface area contributed by atoms with Crippen LogP contribution in [0.4, 0.5) is 4.39 Å². The summed E-state index contributed by atoms with van der Waals surface area (Å²) in [5.41, 5.74) is 1.35. The lowest BCUT2D eigenvalue weighted by Crippen LogP contribution is -2.16. The number of benzene rings is 1. The number of methoxy groups -OCH3 is 1. The minimum Gasteiger partial charge on any atom is -0.468 e. The quantitative estimate of drug-likeness (QED) is 0.652. The van der Waals surface area contributed by atoms with Gasteiger partial charge in [-0.3, -0.25) is 4.79 Å². The van der Waals surface area contributed by atoms with Crippen LogP contribution in [0.2, 0.25) is 0 Å². The fourth-order valence-corrected chi connectivity index (χ4v) is 2.90. The molecule has 5 nitrogen and oxygen atoms in total. The van der Waals surface area contributed by atoms with Crippen molar-refractivity contribution in [1.82, 2.24) is 9.55 Å². The first-order chi connectivity index (χ1) is 10.5. The van der Waals surface area contributed by atoms with Crippen molar-refractivity contribution in [3.63, 3.8) is 0 Å². The third-order valence-electron chi connectivity index (χ3n) is 3.11. The molecule has 0 saturated heterocycles. The van der Waals surface area contributed by atoms with Gasteiger partial charge in [0, 0.05) is 0 Å². The Kier molecular flexibility index (Phi) is 5.57. The van der Waals surface area contributed by atoms with Gasteiger partial charge < -0.3 is 14.4 Å². The number of nitrogens with zero attached hydrogens (tertiary/aromatic N) is 2. The smallest absolute Gasteiger partial charge is 0.318 e. The minimum absolute atomic E-state index is 0.185. The molecule has 2 aromatic rings. The maximum absolute atomic E-state index is 13.3. The summed E-state index contributed by atoms with van der Waals surface area (Å²) in [4.78, 5) is 15.8. The number of ether oxygens (including phenoxy) is 1. The van der Waals surface area contributed by atoms with Crippen LogP contribution in [-0.4, -0.2) is 33.0 Å². The van der Waals surface area contributed by atoms with Crippen molar-refractivity contribution in [2.24, 2.45) is 0 Å². The molecule has 1 N–H and O–H groups in total. The van der Waals surface area contributed by atoms with Crippen LogP contribution in [0.3, 0.4) is 0 Å². The first-order valence-electron chi connectivity index (χ1n) is 6.69. The molecular formula is C15H17FN2O3S. The molecule has 1 heterocycles.